The van der Waals surface area contributed by atoms with E-state index in [1.807, 2.05) is 0 Å². The van der Waals surface area contributed by atoms with E-state index >= 15 is 8.78 Å². The zero-order valence-corrected chi connectivity index (χ0v) is 14.5. The standard InChI is InChI=1S/C15H13ClF4N6O/c1-25-23-8-26(24-25)7-14(27,10-3-2-9(17)4-11(10)18)15(19,20)12-5-22-13(16)6-21-12/h2-6,8,24,27H,7H2,1H3. The molecule has 0 fully saturated rings. The van der Waals surface area contributed by atoms with Crippen molar-refractivity contribution in [2.45, 2.75) is 11.5 Å². The first-order valence-corrected chi connectivity index (χ1v) is 7.86. The van der Waals surface area contributed by atoms with Gasteiger partial charge in [-0.15, -0.1) is 10.6 Å². The van der Waals surface area contributed by atoms with Crippen molar-refractivity contribution < 1.29 is 22.7 Å². The van der Waals surface area contributed by atoms with Gasteiger partial charge in [0.15, 0.2) is 5.60 Å². The van der Waals surface area contributed by atoms with Crippen LogP contribution in [0.2, 0.25) is 5.15 Å². The molecule has 0 amide bonds. The predicted molar refractivity (Wildman–Crippen MR) is 87.3 cm³/mol. The molecule has 12 heteroatoms. The van der Waals surface area contributed by atoms with E-state index < -0.39 is 41.0 Å². The first-order chi connectivity index (χ1) is 12.6. The van der Waals surface area contributed by atoms with Crippen LogP contribution < -0.4 is 5.53 Å². The zero-order valence-electron chi connectivity index (χ0n) is 13.7. The Balaban J connectivity index is 2.11. The van der Waals surface area contributed by atoms with Gasteiger partial charge in [-0.3, -0.25) is 5.01 Å². The summed E-state index contributed by atoms with van der Waals surface area (Å²) < 4.78 is 58.2. The molecule has 1 atom stereocenters. The number of hydrazine groups is 2. The number of hydrazone groups is 1. The van der Waals surface area contributed by atoms with E-state index in [0.29, 0.717) is 12.3 Å². The molecule has 1 aliphatic heterocycles. The summed E-state index contributed by atoms with van der Waals surface area (Å²) in [4.78, 5) is 7.02. The van der Waals surface area contributed by atoms with Crippen LogP contribution in [0.1, 0.15) is 11.3 Å². The molecule has 1 aromatic heterocycles. The van der Waals surface area contributed by atoms with Gasteiger partial charge in [0.05, 0.1) is 18.9 Å². The minimum atomic E-state index is -4.13. The van der Waals surface area contributed by atoms with Gasteiger partial charge in [-0.1, -0.05) is 11.6 Å². The Bertz CT molecular complexity index is 868. The third kappa shape index (κ3) is 3.53. The van der Waals surface area contributed by atoms with Crippen molar-refractivity contribution in [3.63, 3.8) is 0 Å². The highest BCUT2D eigenvalue weighted by molar-refractivity contribution is 6.29. The molecule has 0 saturated heterocycles. The van der Waals surface area contributed by atoms with E-state index in [1.54, 1.807) is 0 Å². The minimum Gasteiger partial charge on any atom is -0.377 e. The second kappa shape index (κ2) is 6.91. The second-order valence-corrected chi connectivity index (χ2v) is 6.15. The smallest absolute Gasteiger partial charge is 0.325 e. The van der Waals surface area contributed by atoms with Gasteiger partial charge in [0.2, 0.25) is 0 Å². The predicted octanol–water partition coefficient (Wildman–Crippen LogP) is 2.00. The van der Waals surface area contributed by atoms with Crippen LogP contribution in [-0.4, -0.2) is 45.1 Å². The number of alkyl halides is 2. The van der Waals surface area contributed by atoms with Gasteiger partial charge in [-0.2, -0.15) is 8.78 Å². The lowest BCUT2D eigenvalue weighted by Crippen LogP contribution is -2.55. The maximum atomic E-state index is 15.3. The fourth-order valence-corrected chi connectivity index (χ4v) is 2.66. The number of β-amino-alcohol motifs (C(OH)–C–C–N with tert-alkyl or cyclic N) is 1. The number of nitrogens with one attached hydrogen (secondary N) is 1. The Morgan fingerprint density at radius 2 is 1.96 bits per heavy atom. The molecule has 1 aliphatic rings. The number of aliphatic hydroxyl groups is 1. The molecule has 1 unspecified atom stereocenters. The molecular formula is C15H13ClF4N6O. The molecule has 0 saturated carbocycles. The molecule has 2 N–H and O–H groups in total. The fourth-order valence-electron chi connectivity index (χ4n) is 2.56. The zero-order chi connectivity index (χ0) is 19.8. The lowest BCUT2D eigenvalue weighted by Gasteiger charge is -2.38. The fraction of sp³-hybridized carbons (Fsp3) is 0.267. The van der Waals surface area contributed by atoms with Crippen LogP contribution in [0.15, 0.2) is 35.7 Å². The van der Waals surface area contributed by atoms with Crippen LogP contribution in [0.5, 0.6) is 0 Å². The van der Waals surface area contributed by atoms with Crippen LogP contribution >= 0.6 is 11.6 Å². The average Bonchev–Trinajstić information content (AvgIpc) is 2.99. The molecular weight excluding hydrogens is 392 g/mol. The molecule has 0 radical (unpaired) electrons. The molecule has 2 heterocycles. The van der Waals surface area contributed by atoms with Crippen molar-refractivity contribution in [1.29, 1.82) is 0 Å². The Kier molecular flexibility index (Phi) is 4.93. The maximum absolute atomic E-state index is 15.3. The Labute approximate surface area is 155 Å². The number of nitrogens with zero attached hydrogens (tertiary/aromatic N) is 5. The van der Waals surface area contributed by atoms with Gasteiger partial charge in [0.1, 0.15) is 28.8 Å². The molecule has 0 spiro atoms. The number of halogens is 5. The molecule has 1 aromatic carbocycles. The summed E-state index contributed by atoms with van der Waals surface area (Å²) in [6, 6.07) is 1.92. The van der Waals surface area contributed by atoms with E-state index in [2.05, 4.69) is 20.6 Å². The Hall–Kier alpha value is -2.50. The molecule has 2 aromatic rings. The average molecular weight is 405 g/mol. The van der Waals surface area contributed by atoms with Crippen molar-refractivity contribution in [3.05, 3.63) is 58.6 Å². The summed E-state index contributed by atoms with van der Waals surface area (Å²) in [5, 5.41) is 16.8. The van der Waals surface area contributed by atoms with Crippen molar-refractivity contribution >= 4 is 17.9 Å². The largest absolute Gasteiger partial charge is 0.377 e. The third-order valence-corrected chi connectivity index (χ3v) is 4.07. The Morgan fingerprint density at radius 1 is 1.22 bits per heavy atom. The summed E-state index contributed by atoms with van der Waals surface area (Å²) in [6.45, 7) is -0.847. The molecule has 3 rings (SSSR count). The Morgan fingerprint density at radius 3 is 2.52 bits per heavy atom. The lowest BCUT2D eigenvalue weighted by atomic mass is 9.84. The number of benzene rings is 1. The second-order valence-electron chi connectivity index (χ2n) is 5.77. The first-order valence-electron chi connectivity index (χ1n) is 7.48. The van der Waals surface area contributed by atoms with Gasteiger partial charge >= 0.3 is 5.92 Å². The highest BCUT2D eigenvalue weighted by Gasteiger charge is 2.58. The van der Waals surface area contributed by atoms with Gasteiger partial charge in [-0.05, 0) is 12.1 Å². The summed E-state index contributed by atoms with van der Waals surface area (Å²) >= 11 is 5.57. The summed E-state index contributed by atoms with van der Waals surface area (Å²) in [6.07, 6.45) is 2.66. The van der Waals surface area contributed by atoms with E-state index in [9.17, 15) is 13.9 Å². The topological polar surface area (TPSA) is 76.9 Å². The van der Waals surface area contributed by atoms with Crippen molar-refractivity contribution in [1.82, 2.24) is 25.6 Å². The summed E-state index contributed by atoms with van der Waals surface area (Å²) in [5.74, 6) is -6.45. The van der Waals surface area contributed by atoms with Gasteiger partial charge in [0.25, 0.3) is 0 Å². The van der Waals surface area contributed by atoms with Crippen LogP contribution in [0.3, 0.4) is 0 Å². The molecule has 0 aliphatic carbocycles. The quantitative estimate of drug-likeness (QED) is 0.742. The van der Waals surface area contributed by atoms with E-state index in [0.717, 1.165) is 29.7 Å². The molecule has 144 valence electrons. The maximum Gasteiger partial charge on any atom is 0.325 e. The van der Waals surface area contributed by atoms with Crippen LogP contribution in [0.4, 0.5) is 17.6 Å². The molecule has 7 nitrogen and oxygen atoms in total. The number of aromatic nitrogens is 2. The van der Waals surface area contributed by atoms with Crippen molar-refractivity contribution in [2.24, 2.45) is 5.10 Å². The van der Waals surface area contributed by atoms with Gasteiger partial charge < -0.3 is 5.11 Å². The monoisotopic (exact) mass is 404 g/mol. The highest BCUT2D eigenvalue weighted by atomic mass is 35.5. The normalized spacial score (nSPS) is 16.7. The first kappa shape index (κ1) is 19.3. The van der Waals surface area contributed by atoms with E-state index in [-0.39, 0.29) is 5.15 Å². The van der Waals surface area contributed by atoms with Crippen LogP contribution in [-0.2, 0) is 11.5 Å². The summed E-state index contributed by atoms with van der Waals surface area (Å²) in [5.41, 5.74) is -2.38. The van der Waals surface area contributed by atoms with Crippen LogP contribution in [0.25, 0.3) is 0 Å². The SMILES string of the molecule is CN1N=CN(CC(O)(c2ccc(F)cc2F)C(F)(F)c2cnc(Cl)cn2)N1. The summed E-state index contributed by atoms with van der Waals surface area (Å²) in [7, 11) is 1.48. The minimum absolute atomic E-state index is 0.138. The van der Waals surface area contributed by atoms with E-state index in [4.69, 9.17) is 11.6 Å². The number of hydrogen-bond donors (Lipinski definition) is 2. The van der Waals surface area contributed by atoms with Crippen LogP contribution in [0, 0.1) is 11.6 Å². The third-order valence-electron chi connectivity index (χ3n) is 3.87. The number of rotatable bonds is 5. The molecule has 0 bridgehead atoms. The van der Waals surface area contributed by atoms with Crippen molar-refractivity contribution in [2.75, 3.05) is 13.6 Å². The lowest BCUT2D eigenvalue weighted by molar-refractivity contribution is -0.207. The number of hydrogen-bond acceptors (Lipinski definition) is 7. The molecule has 27 heavy (non-hydrogen) atoms. The van der Waals surface area contributed by atoms with Crippen molar-refractivity contribution in [3.8, 4) is 0 Å². The highest BCUT2D eigenvalue weighted by Crippen LogP contribution is 2.46. The van der Waals surface area contributed by atoms with Gasteiger partial charge in [-0.25, -0.2) is 23.9 Å². The van der Waals surface area contributed by atoms with Gasteiger partial charge in [0, 0.05) is 18.7 Å². The van der Waals surface area contributed by atoms with E-state index in [1.165, 1.54) is 12.2 Å².